The molecule has 0 radical (unpaired) electrons. The summed E-state index contributed by atoms with van der Waals surface area (Å²) in [5.74, 6) is 1.48. The number of hydrogen-bond donors (Lipinski definition) is 0. The van der Waals surface area contributed by atoms with Crippen LogP contribution in [-0.4, -0.2) is 29.5 Å². The van der Waals surface area contributed by atoms with E-state index < -0.39 is 0 Å². The van der Waals surface area contributed by atoms with Gasteiger partial charge >= 0.3 is 0 Å². The lowest BCUT2D eigenvalue weighted by molar-refractivity contribution is 0.343. The van der Waals surface area contributed by atoms with Crippen LogP contribution in [0.15, 0.2) is 48.7 Å². The molecular formula is C17H20N2O. The highest BCUT2D eigenvalue weighted by atomic mass is 16.5. The Balaban J connectivity index is 1.54. The van der Waals surface area contributed by atoms with Gasteiger partial charge in [-0.1, -0.05) is 18.2 Å². The lowest BCUT2D eigenvalue weighted by Gasteiger charge is -2.14. The van der Waals surface area contributed by atoms with Gasteiger partial charge in [0.25, 0.3) is 0 Å². The fourth-order valence-corrected chi connectivity index (χ4v) is 2.55. The Bertz CT molecular complexity index is 518. The Morgan fingerprint density at radius 3 is 2.50 bits per heavy atom. The highest BCUT2D eigenvalue weighted by molar-refractivity contribution is 5.30. The SMILES string of the molecule is c1ccc(Oc2ccc(CCN3CCCC3)cc2)nc1. The first kappa shape index (κ1) is 13.1. The molecule has 1 aliphatic heterocycles. The smallest absolute Gasteiger partial charge is 0.219 e. The Morgan fingerprint density at radius 2 is 1.80 bits per heavy atom. The Hall–Kier alpha value is -1.87. The molecule has 0 aliphatic carbocycles. The summed E-state index contributed by atoms with van der Waals surface area (Å²) in [6, 6.07) is 14.0. The average Bonchev–Trinajstić information content (AvgIpc) is 3.01. The standard InChI is InChI=1S/C17H20N2O/c1-2-11-18-17(5-1)20-16-8-6-15(7-9-16)10-14-19-12-3-4-13-19/h1-2,5-9,11H,3-4,10,12-14H2. The van der Waals surface area contributed by atoms with Crippen molar-refractivity contribution in [3.63, 3.8) is 0 Å². The van der Waals surface area contributed by atoms with E-state index in [4.69, 9.17) is 4.74 Å². The third kappa shape index (κ3) is 3.58. The lowest BCUT2D eigenvalue weighted by Crippen LogP contribution is -2.21. The van der Waals surface area contributed by atoms with Gasteiger partial charge in [-0.05, 0) is 56.1 Å². The van der Waals surface area contributed by atoms with Crippen LogP contribution in [-0.2, 0) is 6.42 Å². The van der Waals surface area contributed by atoms with Crippen LogP contribution in [0.3, 0.4) is 0 Å². The minimum absolute atomic E-state index is 0.636. The minimum atomic E-state index is 0.636. The number of pyridine rings is 1. The van der Waals surface area contributed by atoms with Crippen molar-refractivity contribution in [2.75, 3.05) is 19.6 Å². The largest absolute Gasteiger partial charge is 0.439 e. The van der Waals surface area contributed by atoms with Crippen LogP contribution >= 0.6 is 0 Å². The van der Waals surface area contributed by atoms with Crippen molar-refractivity contribution in [2.45, 2.75) is 19.3 Å². The quantitative estimate of drug-likeness (QED) is 0.829. The van der Waals surface area contributed by atoms with E-state index in [-0.39, 0.29) is 0 Å². The number of aromatic nitrogens is 1. The molecule has 2 aromatic rings. The number of ether oxygens (including phenoxy) is 1. The summed E-state index contributed by atoms with van der Waals surface area (Å²) in [7, 11) is 0. The molecule has 0 spiro atoms. The maximum atomic E-state index is 5.69. The molecule has 1 aromatic heterocycles. The molecule has 0 bridgehead atoms. The first-order chi connectivity index (χ1) is 9.90. The van der Waals surface area contributed by atoms with Crippen molar-refractivity contribution in [2.24, 2.45) is 0 Å². The molecule has 1 aliphatic rings. The second kappa shape index (κ2) is 6.53. The van der Waals surface area contributed by atoms with E-state index in [9.17, 15) is 0 Å². The van der Waals surface area contributed by atoms with E-state index in [0.29, 0.717) is 5.88 Å². The molecule has 0 unspecified atom stereocenters. The van der Waals surface area contributed by atoms with E-state index >= 15 is 0 Å². The first-order valence-electron chi connectivity index (χ1n) is 7.30. The molecule has 0 atom stereocenters. The fraction of sp³-hybridized carbons (Fsp3) is 0.353. The average molecular weight is 268 g/mol. The van der Waals surface area contributed by atoms with Crippen molar-refractivity contribution < 1.29 is 4.74 Å². The Morgan fingerprint density at radius 1 is 1.00 bits per heavy atom. The molecule has 20 heavy (non-hydrogen) atoms. The van der Waals surface area contributed by atoms with Gasteiger partial charge in [0.1, 0.15) is 5.75 Å². The molecule has 0 N–H and O–H groups in total. The number of likely N-dealkylation sites (tertiary alicyclic amines) is 1. The lowest BCUT2D eigenvalue weighted by atomic mass is 10.1. The van der Waals surface area contributed by atoms with Crippen LogP contribution in [0.4, 0.5) is 0 Å². The second-order valence-corrected chi connectivity index (χ2v) is 5.21. The van der Waals surface area contributed by atoms with Crippen molar-refractivity contribution in [1.82, 2.24) is 9.88 Å². The predicted molar refractivity (Wildman–Crippen MR) is 80.1 cm³/mol. The molecule has 1 saturated heterocycles. The molecule has 3 rings (SSSR count). The molecule has 0 amide bonds. The number of hydrogen-bond acceptors (Lipinski definition) is 3. The number of nitrogens with zero attached hydrogens (tertiary/aromatic N) is 2. The van der Waals surface area contributed by atoms with Crippen LogP contribution in [0.2, 0.25) is 0 Å². The summed E-state index contributed by atoms with van der Waals surface area (Å²) in [6.07, 6.45) is 5.57. The number of benzene rings is 1. The van der Waals surface area contributed by atoms with Gasteiger partial charge < -0.3 is 9.64 Å². The molecule has 2 heterocycles. The molecule has 3 heteroatoms. The monoisotopic (exact) mass is 268 g/mol. The molecular weight excluding hydrogens is 248 g/mol. The van der Waals surface area contributed by atoms with Gasteiger partial charge in [0.15, 0.2) is 0 Å². The Labute approximate surface area is 120 Å². The predicted octanol–water partition coefficient (Wildman–Crippen LogP) is 3.51. The summed E-state index contributed by atoms with van der Waals surface area (Å²) in [5.41, 5.74) is 1.37. The normalized spacial score (nSPS) is 15.4. The van der Waals surface area contributed by atoms with Crippen LogP contribution in [0.25, 0.3) is 0 Å². The highest BCUT2D eigenvalue weighted by Gasteiger charge is 2.10. The summed E-state index contributed by atoms with van der Waals surface area (Å²) >= 11 is 0. The third-order valence-corrected chi connectivity index (χ3v) is 3.70. The minimum Gasteiger partial charge on any atom is -0.439 e. The molecule has 104 valence electrons. The summed E-state index contributed by atoms with van der Waals surface area (Å²) < 4.78 is 5.69. The van der Waals surface area contributed by atoms with E-state index in [1.165, 1.54) is 38.0 Å². The number of rotatable bonds is 5. The zero-order valence-corrected chi connectivity index (χ0v) is 11.7. The second-order valence-electron chi connectivity index (χ2n) is 5.21. The first-order valence-corrected chi connectivity index (χ1v) is 7.30. The van der Waals surface area contributed by atoms with Crippen LogP contribution < -0.4 is 4.74 Å². The molecule has 3 nitrogen and oxygen atoms in total. The maximum absolute atomic E-state index is 5.69. The van der Waals surface area contributed by atoms with Gasteiger partial charge in [-0.15, -0.1) is 0 Å². The molecule has 1 fully saturated rings. The fourth-order valence-electron chi connectivity index (χ4n) is 2.55. The van der Waals surface area contributed by atoms with E-state index in [1.54, 1.807) is 6.20 Å². The zero-order valence-electron chi connectivity index (χ0n) is 11.7. The summed E-state index contributed by atoms with van der Waals surface area (Å²) in [5, 5.41) is 0. The van der Waals surface area contributed by atoms with E-state index in [2.05, 4.69) is 22.0 Å². The summed E-state index contributed by atoms with van der Waals surface area (Å²) in [4.78, 5) is 6.70. The Kier molecular flexibility index (Phi) is 4.28. The van der Waals surface area contributed by atoms with Crippen molar-refractivity contribution >= 4 is 0 Å². The molecule has 1 aromatic carbocycles. The van der Waals surface area contributed by atoms with Gasteiger partial charge in [0.05, 0.1) is 0 Å². The summed E-state index contributed by atoms with van der Waals surface area (Å²) in [6.45, 7) is 3.70. The van der Waals surface area contributed by atoms with Gasteiger partial charge in [-0.25, -0.2) is 4.98 Å². The maximum Gasteiger partial charge on any atom is 0.219 e. The highest BCUT2D eigenvalue weighted by Crippen LogP contribution is 2.19. The topological polar surface area (TPSA) is 25.4 Å². The van der Waals surface area contributed by atoms with Crippen molar-refractivity contribution in [3.8, 4) is 11.6 Å². The zero-order chi connectivity index (χ0) is 13.6. The van der Waals surface area contributed by atoms with Crippen LogP contribution in [0.1, 0.15) is 18.4 Å². The van der Waals surface area contributed by atoms with Crippen molar-refractivity contribution in [1.29, 1.82) is 0 Å². The third-order valence-electron chi connectivity index (χ3n) is 3.70. The van der Waals surface area contributed by atoms with Crippen LogP contribution in [0, 0.1) is 0 Å². The molecule has 0 saturated carbocycles. The van der Waals surface area contributed by atoms with Gasteiger partial charge in [-0.2, -0.15) is 0 Å². The van der Waals surface area contributed by atoms with Gasteiger partial charge in [0, 0.05) is 18.8 Å². The van der Waals surface area contributed by atoms with E-state index in [1.807, 2.05) is 30.3 Å². The van der Waals surface area contributed by atoms with E-state index in [0.717, 1.165) is 12.2 Å². The van der Waals surface area contributed by atoms with Gasteiger partial charge in [-0.3, -0.25) is 0 Å². The van der Waals surface area contributed by atoms with Gasteiger partial charge in [0.2, 0.25) is 5.88 Å². The van der Waals surface area contributed by atoms with Crippen molar-refractivity contribution in [3.05, 3.63) is 54.2 Å². The van der Waals surface area contributed by atoms with Crippen LogP contribution in [0.5, 0.6) is 11.6 Å².